The third kappa shape index (κ3) is 4.79. The molecule has 1 aliphatic rings. The molecule has 6 nitrogen and oxygen atoms in total. The van der Waals surface area contributed by atoms with Crippen LogP contribution >= 0.6 is 11.8 Å². The van der Waals surface area contributed by atoms with E-state index in [1.54, 1.807) is 29.2 Å². The van der Waals surface area contributed by atoms with Gasteiger partial charge in [-0.25, -0.2) is 4.52 Å². The lowest BCUT2D eigenvalue weighted by atomic mass is 10.0. The van der Waals surface area contributed by atoms with Crippen LogP contribution in [0.4, 0.5) is 0 Å². The third-order valence-corrected chi connectivity index (χ3v) is 6.36. The van der Waals surface area contributed by atoms with Crippen molar-refractivity contribution in [2.45, 2.75) is 48.3 Å². The van der Waals surface area contributed by atoms with Crippen molar-refractivity contribution in [3.8, 4) is 23.3 Å². The van der Waals surface area contributed by atoms with Crippen LogP contribution < -0.4 is 0 Å². The quantitative estimate of drug-likeness (QED) is 0.436. The van der Waals surface area contributed by atoms with E-state index < -0.39 is 0 Å². The number of hydrogen-bond acceptors (Lipinski definition) is 5. The molecular formula is C24H22N6S. The zero-order valence-corrected chi connectivity index (χ0v) is 17.9. The molecule has 1 aliphatic carbocycles. The molecule has 0 bridgehead atoms. The smallest absolute Gasteiger partial charge is 0.103 e. The first-order valence-corrected chi connectivity index (χ1v) is 11.2. The van der Waals surface area contributed by atoms with Gasteiger partial charge in [-0.3, -0.25) is 5.10 Å². The van der Waals surface area contributed by atoms with Crippen LogP contribution in [0.2, 0.25) is 0 Å². The van der Waals surface area contributed by atoms with Gasteiger partial charge in [0.1, 0.15) is 12.1 Å². The molecule has 0 saturated heterocycles. The Balaban J connectivity index is 0.000000334. The summed E-state index contributed by atoms with van der Waals surface area (Å²) >= 11 is 1.45. The molecule has 31 heavy (non-hydrogen) atoms. The molecule has 1 aromatic carbocycles. The lowest BCUT2D eigenvalue weighted by molar-refractivity contribution is 0.504. The number of nitriles is 2. The molecule has 154 valence electrons. The van der Waals surface area contributed by atoms with E-state index in [1.165, 1.54) is 50.3 Å². The van der Waals surface area contributed by atoms with E-state index in [-0.39, 0.29) is 0 Å². The highest BCUT2D eigenvalue weighted by Gasteiger charge is 2.15. The number of nitrogens with zero attached hydrogens (tertiary/aromatic N) is 5. The molecule has 7 heteroatoms. The van der Waals surface area contributed by atoms with Crippen LogP contribution in [0.5, 0.6) is 0 Å². The second kappa shape index (κ2) is 9.97. The van der Waals surface area contributed by atoms with Gasteiger partial charge in [0.25, 0.3) is 0 Å². The van der Waals surface area contributed by atoms with Crippen molar-refractivity contribution < 1.29 is 0 Å². The molecule has 5 rings (SSSR count). The first-order chi connectivity index (χ1) is 15.3. The Hall–Kier alpha value is -3.55. The highest BCUT2D eigenvalue weighted by molar-refractivity contribution is 7.99. The van der Waals surface area contributed by atoms with Crippen molar-refractivity contribution in [3.05, 3.63) is 66.2 Å². The highest BCUT2D eigenvalue weighted by atomic mass is 32.2. The summed E-state index contributed by atoms with van der Waals surface area (Å²) in [5.41, 5.74) is 3.66. The molecule has 0 atom stereocenters. The van der Waals surface area contributed by atoms with Gasteiger partial charge in [0.05, 0.1) is 29.0 Å². The van der Waals surface area contributed by atoms with Gasteiger partial charge < -0.3 is 0 Å². The maximum atomic E-state index is 9.39. The van der Waals surface area contributed by atoms with E-state index >= 15 is 0 Å². The number of aromatic amines is 1. The Morgan fingerprint density at radius 2 is 1.58 bits per heavy atom. The van der Waals surface area contributed by atoms with E-state index in [0.29, 0.717) is 11.1 Å². The molecule has 3 heterocycles. The number of hydrogen-bond donors (Lipinski definition) is 1. The predicted octanol–water partition coefficient (Wildman–Crippen LogP) is 5.96. The average molecular weight is 427 g/mol. The SMILES string of the molecule is C1CCCCC1.N#Cc1ccccc1Sc1cc(-c2cn[nH]c2)cn2ncc(C#N)c12. The standard InChI is InChI=1S/C18H10N6S.C6H12/c19-6-12-3-1-2-4-16(12)25-17-5-13(15-8-21-22-9-15)11-24-18(17)14(7-20)10-23-24;1-2-4-6-5-3-1/h1-5,8-11H,(H,21,22);1-6H2. The van der Waals surface area contributed by atoms with Crippen LogP contribution in [0.15, 0.2) is 64.9 Å². The fraction of sp³-hybridized carbons (Fsp3) is 0.250. The van der Waals surface area contributed by atoms with Crippen molar-refractivity contribution in [1.82, 2.24) is 19.8 Å². The van der Waals surface area contributed by atoms with E-state index in [1.807, 2.05) is 30.5 Å². The zero-order chi connectivity index (χ0) is 21.5. The number of pyridine rings is 1. The van der Waals surface area contributed by atoms with Crippen molar-refractivity contribution in [2.75, 3.05) is 0 Å². The van der Waals surface area contributed by atoms with Crippen molar-refractivity contribution >= 4 is 17.3 Å². The van der Waals surface area contributed by atoms with E-state index in [2.05, 4.69) is 27.4 Å². The Morgan fingerprint density at radius 1 is 0.871 bits per heavy atom. The normalized spacial score (nSPS) is 13.1. The molecule has 0 radical (unpaired) electrons. The molecule has 0 aliphatic heterocycles. The number of benzene rings is 1. The summed E-state index contributed by atoms with van der Waals surface area (Å²) in [7, 11) is 0. The predicted molar refractivity (Wildman–Crippen MR) is 120 cm³/mol. The zero-order valence-electron chi connectivity index (χ0n) is 17.1. The summed E-state index contributed by atoms with van der Waals surface area (Å²) in [6.07, 6.45) is 15.9. The maximum Gasteiger partial charge on any atom is 0.103 e. The minimum absolute atomic E-state index is 0.496. The van der Waals surface area contributed by atoms with Gasteiger partial charge >= 0.3 is 0 Å². The van der Waals surface area contributed by atoms with E-state index in [0.717, 1.165) is 26.4 Å². The van der Waals surface area contributed by atoms with E-state index in [9.17, 15) is 10.5 Å². The second-order valence-corrected chi connectivity index (χ2v) is 8.46. The Kier molecular flexibility index (Phi) is 6.66. The second-order valence-electron chi connectivity index (χ2n) is 7.37. The van der Waals surface area contributed by atoms with Gasteiger partial charge in [0, 0.05) is 33.3 Å². The third-order valence-electron chi connectivity index (χ3n) is 5.26. The molecule has 1 N–H and O–H groups in total. The first kappa shape index (κ1) is 20.7. The lowest BCUT2D eigenvalue weighted by Gasteiger charge is -2.09. The Morgan fingerprint density at radius 3 is 2.23 bits per heavy atom. The molecule has 3 aromatic heterocycles. The monoisotopic (exact) mass is 426 g/mol. The van der Waals surface area contributed by atoms with Gasteiger partial charge in [-0.15, -0.1) is 0 Å². The number of nitrogens with one attached hydrogen (secondary N) is 1. The van der Waals surface area contributed by atoms with Crippen LogP contribution in [0.1, 0.15) is 49.7 Å². The van der Waals surface area contributed by atoms with Crippen LogP contribution in [0.3, 0.4) is 0 Å². The summed E-state index contributed by atoms with van der Waals surface area (Å²) in [6.45, 7) is 0. The largest absolute Gasteiger partial charge is 0.285 e. The molecule has 4 aromatic rings. The van der Waals surface area contributed by atoms with Crippen molar-refractivity contribution in [1.29, 1.82) is 10.5 Å². The van der Waals surface area contributed by atoms with Gasteiger partial charge in [0.15, 0.2) is 0 Å². The molecule has 1 saturated carbocycles. The minimum Gasteiger partial charge on any atom is -0.285 e. The molecular weight excluding hydrogens is 404 g/mol. The van der Waals surface area contributed by atoms with Gasteiger partial charge in [0.2, 0.25) is 0 Å². The molecule has 1 fully saturated rings. The minimum atomic E-state index is 0.496. The van der Waals surface area contributed by atoms with E-state index in [4.69, 9.17) is 0 Å². The highest BCUT2D eigenvalue weighted by Crippen LogP contribution is 2.36. The fourth-order valence-electron chi connectivity index (χ4n) is 3.64. The summed E-state index contributed by atoms with van der Waals surface area (Å²) in [5, 5.41) is 29.8. The van der Waals surface area contributed by atoms with Gasteiger partial charge in [-0.1, -0.05) is 62.4 Å². The average Bonchev–Trinajstić information content (AvgIpc) is 3.51. The summed E-state index contributed by atoms with van der Waals surface area (Å²) in [6, 6.07) is 13.8. The Labute approximate surface area is 185 Å². The molecule has 0 unspecified atom stereocenters. The van der Waals surface area contributed by atoms with Crippen LogP contribution in [0, 0.1) is 22.7 Å². The fourth-order valence-corrected chi connectivity index (χ4v) is 4.73. The topological polar surface area (TPSA) is 93.6 Å². The number of aromatic nitrogens is 4. The van der Waals surface area contributed by atoms with Crippen LogP contribution in [0.25, 0.3) is 16.6 Å². The van der Waals surface area contributed by atoms with Crippen LogP contribution in [-0.4, -0.2) is 19.8 Å². The molecule has 0 spiro atoms. The first-order valence-electron chi connectivity index (χ1n) is 10.4. The molecule has 0 amide bonds. The van der Waals surface area contributed by atoms with Gasteiger partial charge in [-0.05, 0) is 18.2 Å². The van der Waals surface area contributed by atoms with Gasteiger partial charge in [-0.2, -0.15) is 20.7 Å². The lowest BCUT2D eigenvalue weighted by Crippen LogP contribution is -1.92. The summed E-state index contributed by atoms with van der Waals surface area (Å²) in [5.74, 6) is 0. The number of H-pyrrole nitrogens is 1. The van der Waals surface area contributed by atoms with Crippen molar-refractivity contribution in [2.24, 2.45) is 0 Å². The van der Waals surface area contributed by atoms with Crippen molar-refractivity contribution in [3.63, 3.8) is 0 Å². The maximum absolute atomic E-state index is 9.39. The number of rotatable bonds is 3. The number of fused-ring (bicyclic) bond motifs is 1. The summed E-state index contributed by atoms with van der Waals surface area (Å²) in [4.78, 5) is 1.69. The van der Waals surface area contributed by atoms with Crippen LogP contribution in [-0.2, 0) is 0 Å². The summed E-state index contributed by atoms with van der Waals surface area (Å²) < 4.78 is 1.69. The Bertz CT molecular complexity index is 1230.